The molecule has 4 aromatic rings. The van der Waals surface area contributed by atoms with Gasteiger partial charge in [0.2, 0.25) is 5.91 Å². The second-order valence-corrected chi connectivity index (χ2v) is 8.87. The Labute approximate surface area is 209 Å². The van der Waals surface area contributed by atoms with Crippen molar-refractivity contribution in [3.8, 4) is 5.75 Å². The van der Waals surface area contributed by atoms with E-state index in [-0.39, 0.29) is 11.8 Å². The summed E-state index contributed by atoms with van der Waals surface area (Å²) in [5.74, 6) is 0.00937. The van der Waals surface area contributed by atoms with Crippen LogP contribution in [0.3, 0.4) is 0 Å². The summed E-state index contributed by atoms with van der Waals surface area (Å²) in [6.45, 7) is 0. The Morgan fingerprint density at radius 3 is 1.86 bits per heavy atom. The minimum atomic E-state index is -1.31. The van der Waals surface area contributed by atoms with Crippen molar-refractivity contribution in [1.29, 1.82) is 0 Å². The van der Waals surface area contributed by atoms with Gasteiger partial charge in [-0.15, -0.1) is 0 Å². The Balaban J connectivity index is 1.61. The number of para-hydroxylation sites is 2. The number of benzene rings is 4. The van der Waals surface area contributed by atoms with Gasteiger partial charge in [-0.2, -0.15) is 0 Å². The van der Waals surface area contributed by atoms with Crippen molar-refractivity contribution in [2.24, 2.45) is 0 Å². The van der Waals surface area contributed by atoms with Crippen molar-refractivity contribution in [1.82, 2.24) is 0 Å². The van der Waals surface area contributed by atoms with Gasteiger partial charge in [0.05, 0.1) is 18.5 Å². The first-order valence-electron chi connectivity index (χ1n) is 11.8. The normalized spacial score (nSPS) is 23.1. The van der Waals surface area contributed by atoms with Crippen LogP contribution in [0, 0.1) is 0 Å². The predicted octanol–water partition coefficient (Wildman–Crippen LogP) is 5.07. The highest BCUT2D eigenvalue weighted by Gasteiger charge is 2.72. The third-order valence-electron chi connectivity index (χ3n) is 7.01. The Morgan fingerprint density at radius 2 is 1.28 bits per heavy atom. The summed E-state index contributed by atoms with van der Waals surface area (Å²) in [6.07, 6.45) is -1.04. The minimum Gasteiger partial charge on any atom is -0.497 e. The first-order chi connectivity index (χ1) is 17.7. The lowest BCUT2D eigenvalue weighted by molar-refractivity contribution is -0.126. The van der Waals surface area contributed by atoms with Crippen molar-refractivity contribution in [2.45, 2.75) is 17.6 Å². The number of anilines is 2. The second kappa shape index (κ2) is 8.66. The number of ether oxygens (including phenoxy) is 1. The lowest BCUT2D eigenvalue weighted by Gasteiger charge is -2.35. The molecular weight excluding hydrogens is 452 g/mol. The highest BCUT2D eigenvalue weighted by Crippen LogP contribution is 2.57. The number of hydroxylamine groups is 1. The maximum atomic E-state index is 14.6. The number of hydrogen-bond donors (Lipinski definition) is 0. The van der Waals surface area contributed by atoms with Gasteiger partial charge in [-0.3, -0.25) is 14.4 Å². The smallest absolute Gasteiger partial charge is 0.267 e. The second-order valence-electron chi connectivity index (χ2n) is 8.87. The quantitative estimate of drug-likeness (QED) is 0.377. The maximum Gasteiger partial charge on any atom is 0.267 e. The number of carbonyl (C=O) groups is 2. The molecule has 2 aliphatic heterocycles. The number of rotatable bonds is 5. The lowest BCUT2D eigenvalue weighted by Crippen LogP contribution is -2.46. The zero-order valence-electron chi connectivity index (χ0n) is 19.7. The van der Waals surface area contributed by atoms with E-state index in [2.05, 4.69) is 0 Å². The molecule has 2 heterocycles. The molecule has 2 fully saturated rings. The predicted molar refractivity (Wildman–Crippen MR) is 137 cm³/mol. The summed E-state index contributed by atoms with van der Waals surface area (Å²) in [5, 5.41) is 1.72. The third-order valence-corrected chi connectivity index (χ3v) is 7.01. The van der Waals surface area contributed by atoms with Gasteiger partial charge < -0.3 is 4.74 Å². The summed E-state index contributed by atoms with van der Waals surface area (Å²) in [5.41, 5.74) is 1.54. The van der Waals surface area contributed by atoms with Crippen molar-refractivity contribution < 1.29 is 19.2 Å². The van der Waals surface area contributed by atoms with Crippen LogP contribution in [-0.2, 0) is 19.8 Å². The number of methoxy groups -OCH3 is 1. The largest absolute Gasteiger partial charge is 0.497 e. The molecule has 6 heteroatoms. The molecule has 0 spiro atoms. The first-order valence-corrected chi connectivity index (χ1v) is 11.8. The Morgan fingerprint density at radius 1 is 0.722 bits per heavy atom. The molecule has 3 atom stereocenters. The van der Waals surface area contributed by atoms with E-state index in [0.717, 1.165) is 16.8 Å². The lowest BCUT2D eigenvalue weighted by atomic mass is 9.69. The molecule has 2 saturated heterocycles. The van der Waals surface area contributed by atoms with Crippen LogP contribution < -0.4 is 14.7 Å². The first kappa shape index (κ1) is 22.1. The molecule has 0 aliphatic carbocycles. The zero-order chi connectivity index (χ0) is 24.7. The fraction of sp³-hybridized carbons (Fsp3) is 0.133. The van der Waals surface area contributed by atoms with Crippen LogP contribution in [-0.4, -0.2) is 25.0 Å². The molecular formula is C30H24N2O4. The molecule has 0 N–H and O–H groups in total. The summed E-state index contributed by atoms with van der Waals surface area (Å²) < 4.78 is 5.38. The number of imide groups is 1. The molecule has 0 radical (unpaired) electrons. The van der Waals surface area contributed by atoms with E-state index >= 15 is 0 Å². The summed E-state index contributed by atoms with van der Waals surface area (Å²) in [6, 6.07) is 35.1. The van der Waals surface area contributed by atoms with Gasteiger partial charge in [0.25, 0.3) is 5.91 Å². The fourth-order valence-electron chi connectivity index (χ4n) is 5.39. The molecule has 0 aromatic heterocycles. The Hall–Kier alpha value is -4.42. The number of hydrogen-bond acceptors (Lipinski definition) is 5. The van der Waals surface area contributed by atoms with Crippen LogP contribution in [0.4, 0.5) is 11.4 Å². The molecule has 6 nitrogen and oxygen atoms in total. The van der Waals surface area contributed by atoms with Gasteiger partial charge in [-0.05, 0) is 47.5 Å². The molecule has 6 rings (SSSR count). The van der Waals surface area contributed by atoms with E-state index < -0.39 is 17.6 Å². The third kappa shape index (κ3) is 3.15. The van der Waals surface area contributed by atoms with Crippen LogP contribution in [0.25, 0.3) is 0 Å². The molecule has 0 bridgehead atoms. The van der Waals surface area contributed by atoms with E-state index in [9.17, 15) is 9.59 Å². The monoisotopic (exact) mass is 476 g/mol. The van der Waals surface area contributed by atoms with E-state index in [0.29, 0.717) is 11.4 Å². The van der Waals surface area contributed by atoms with Crippen molar-refractivity contribution in [3.63, 3.8) is 0 Å². The Bertz CT molecular complexity index is 1390. The molecule has 0 saturated carbocycles. The van der Waals surface area contributed by atoms with Gasteiger partial charge >= 0.3 is 0 Å². The summed E-state index contributed by atoms with van der Waals surface area (Å²) in [4.78, 5) is 36.3. The van der Waals surface area contributed by atoms with Gasteiger partial charge in [0, 0.05) is 0 Å². The van der Waals surface area contributed by atoms with Crippen LogP contribution in [0.1, 0.15) is 17.2 Å². The zero-order valence-corrected chi connectivity index (χ0v) is 19.7. The van der Waals surface area contributed by atoms with Crippen molar-refractivity contribution in [2.75, 3.05) is 17.1 Å². The van der Waals surface area contributed by atoms with E-state index in [1.807, 2.05) is 103 Å². The Kier molecular flexibility index (Phi) is 5.31. The number of amides is 2. The molecule has 4 aromatic carbocycles. The number of fused-ring (bicyclic) bond motifs is 1. The van der Waals surface area contributed by atoms with E-state index in [1.54, 1.807) is 24.3 Å². The highest BCUT2D eigenvalue weighted by atomic mass is 16.7. The molecule has 36 heavy (non-hydrogen) atoms. The van der Waals surface area contributed by atoms with Crippen LogP contribution in [0.2, 0.25) is 0 Å². The van der Waals surface area contributed by atoms with Gasteiger partial charge in [-0.25, -0.2) is 9.96 Å². The van der Waals surface area contributed by atoms with Gasteiger partial charge in [-0.1, -0.05) is 78.9 Å². The number of carbonyl (C=O) groups excluding carboxylic acids is 2. The van der Waals surface area contributed by atoms with Gasteiger partial charge in [0.1, 0.15) is 17.2 Å². The number of nitrogens with zero attached hydrogens (tertiary/aromatic N) is 2. The minimum absolute atomic E-state index is 0.311. The van der Waals surface area contributed by atoms with Crippen LogP contribution >= 0.6 is 0 Å². The molecule has 2 aliphatic rings. The fourth-order valence-corrected chi connectivity index (χ4v) is 5.39. The van der Waals surface area contributed by atoms with E-state index in [4.69, 9.17) is 9.57 Å². The molecule has 178 valence electrons. The highest BCUT2D eigenvalue weighted by molar-refractivity contribution is 6.28. The van der Waals surface area contributed by atoms with Crippen LogP contribution in [0.15, 0.2) is 115 Å². The van der Waals surface area contributed by atoms with Crippen molar-refractivity contribution in [3.05, 3.63) is 126 Å². The summed E-state index contributed by atoms with van der Waals surface area (Å²) >= 11 is 0. The van der Waals surface area contributed by atoms with E-state index in [1.165, 1.54) is 4.90 Å². The molecule has 0 unspecified atom stereocenters. The SMILES string of the molecule is COc1ccc([C@@H]2N(c3ccccc3)O[C@H]3C(=O)N(c4ccccc4)C(=O)[C@@]23c2ccccc2)cc1. The average molecular weight is 477 g/mol. The summed E-state index contributed by atoms with van der Waals surface area (Å²) in [7, 11) is 1.61. The maximum absolute atomic E-state index is 14.6. The topological polar surface area (TPSA) is 59.1 Å². The van der Waals surface area contributed by atoms with Crippen LogP contribution in [0.5, 0.6) is 5.75 Å². The standard InChI is InChI=1S/C30H24N2O4/c1-35-25-19-17-21(18-20-25)26-30(22-11-5-2-6-12-22)27(36-32(26)24-15-9-4-10-16-24)28(33)31(29(30)34)23-13-7-3-8-14-23/h2-20,26-27H,1H3/t26-,27-,30-/m0/s1. The molecule has 2 amide bonds. The average Bonchev–Trinajstić information content (AvgIpc) is 3.41. The van der Waals surface area contributed by atoms with Gasteiger partial charge in [0.15, 0.2) is 6.10 Å². The van der Waals surface area contributed by atoms with Crippen molar-refractivity contribution >= 4 is 23.2 Å².